The lowest BCUT2D eigenvalue weighted by Gasteiger charge is -2.12. The standard InChI is InChI=1S/C30H48O6/c1-22(2)13-7-10-18-34-28(31)25-16-17-26(29(32)35-19-11-8-14-23(3)4)27(21-25)30(33)36-20-12-9-15-24(5)6/h16-17,21-24H,7-15,18-20H2,1-6H3. The van der Waals surface area contributed by atoms with Crippen molar-refractivity contribution in [2.24, 2.45) is 17.8 Å². The maximum absolute atomic E-state index is 12.9. The number of carbonyl (C=O) groups is 3. The monoisotopic (exact) mass is 504 g/mol. The summed E-state index contributed by atoms with van der Waals surface area (Å²) in [6, 6.07) is 4.36. The van der Waals surface area contributed by atoms with E-state index in [0.717, 1.165) is 57.8 Å². The van der Waals surface area contributed by atoms with Crippen LogP contribution in [0.5, 0.6) is 0 Å². The van der Waals surface area contributed by atoms with Gasteiger partial charge in [-0.1, -0.05) is 60.8 Å². The van der Waals surface area contributed by atoms with Gasteiger partial charge in [-0.2, -0.15) is 0 Å². The fourth-order valence-corrected chi connectivity index (χ4v) is 3.72. The van der Waals surface area contributed by atoms with Crippen molar-refractivity contribution < 1.29 is 28.6 Å². The third kappa shape index (κ3) is 13.6. The van der Waals surface area contributed by atoms with Gasteiger partial charge in [0, 0.05) is 0 Å². The Morgan fingerprint density at radius 3 is 1.36 bits per heavy atom. The molecule has 6 nitrogen and oxygen atoms in total. The van der Waals surface area contributed by atoms with E-state index in [1.165, 1.54) is 18.2 Å². The predicted molar refractivity (Wildman–Crippen MR) is 143 cm³/mol. The fourth-order valence-electron chi connectivity index (χ4n) is 3.72. The van der Waals surface area contributed by atoms with E-state index in [2.05, 4.69) is 41.5 Å². The Morgan fingerprint density at radius 2 is 0.944 bits per heavy atom. The lowest BCUT2D eigenvalue weighted by molar-refractivity contribution is 0.0447. The molecule has 0 bridgehead atoms. The molecule has 0 aliphatic carbocycles. The smallest absolute Gasteiger partial charge is 0.339 e. The molecule has 0 atom stereocenters. The van der Waals surface area contributed by atoms with Gasteiger partial charge in [-0.3, -0.25) is 0 Å². The van der Waals surface area contributed by atoms with E-state index in [-0.39, 0.29) is 29.9 Å². The number of benzene rings is 1. The maximum atomic E-state index is 12.9. The Kier molecular flexibility index (Phi) is 15.8. The Bertz CT molecular complexity index is 797. The van der Waals surface area contributed by atoms with E-state index in [4.69, 9.17) is 14.2 Å². The summed E-state index contributed by atoms with van der Waals surface area (Å²) in [5.41, 5.74) is 0.374. The van der Waals surface area contributed by atoms with Crippen LogP contribution in [0.1, 0.15) is 130 Å². The molecule has 0 spiro atoms. The van der Waals surface area contributed by atoms with Crippen molar-refractivity contribution in [1.29, 1.82) is 0 Å². The molecular weight excluding hydrogens is 456 g/mol. The molecule has 0 aromatic heterocycles. The number of ether oxygens (including phenoxy) is 3. The Balaban J connectivity index is 2.83. The molecular formula is C30H48O6. The molecule has 0 N–H and O–H groups in total. The molecule has 0 saturated heterocycles. The van der Waals surface area contributed by atoms with Gasteiger partial charge in [-0.25, -0.2) is 14.4 Å². The van der Waals surface area contributed by atoms with Gasteiger partial charge in [0.2, 0.25) is 0 Å². The molecule has 0 fully saturated rings. The van der Waals surface area contributed by atoms with Crippen LogP contribution in [0, 0.1) is 17.8 Å². The highest BCUT2D eigenvalue weighted by atomic mass is 16.5. The van der Waals surface area contributed by atoms with Crippen molar-refractivity contribution >= 4 is 17.9 Å². The molecule has 36 heavy (non-hydrogen) atoms. The molecule has 0 aliphatic heterocycles. The minimum Gasteiger partial charge on any atom is -0.462 e. The van der Waals surface area contributed by atoms with E-state index in [9.17, 15) is 14.4 Å². The summed E-state index contributed by atoms with van der Waals surface area (Å²) in [6.07, 6.45) is 8.43. The van der Waals surface area contributed by atoms with Crippen LogP contribution in [-0.4, -0.2) is 37.7 Å². The topological polar surface area (TPSA) is 78.9 Å². The Morgan fingerprint density at radius 1 is 0.556 bits per heavy atom. The van der Waals surface area contributed by atoms with Gasteiger partial charge in [0.25, 0.3) is 0 Å². The van der Waals surface area contributed by atoms with Crippen molar-refractivity contribution in [2.45, 2.75) is 99.3 Å². The van der Waals surface area contributed by atoms with Crippen LogP contribution in [0.2, 0.25) is 0 Å². The van der Waals surface area contributed by atoms with E-state index in [1.54, 1.807) is 0 Å². The SMILES string of the molecule is CC(C)CCCCOC(=O)c1ccc(C(=O)OCCCCC(C)C)c(C(=O)OCCCCC(C)C)c1. The first-order valence-corrected chi connectivity index (χ1v) is 13.8. The summed E-state index contributed by atoms with van der Waals surface area (Å²) in [7, 11) is 0. The van der Waals surface area contributed by atoms with Crippen molar-refractivity contribution in [1.82, 2.24) is 0 Å². The molecule has 1 aromatic carbocycles. The average molecular weight is 505 g/mol. The van der Waals surface area contributed by atoms with E-state index in [1.807, 2.05) is 0 Å². The summed E-state index contributed by atoms with van der Waals surface area (Å²) in [5.74, 6) is 0.0832. The normalized spacial score (nSPS) is 11.2. The highest BCUT2D eigenvalue weighted by Gasteiger charge is 2.22. The zero-order chi connectivity index (χ0) is 26.9. The third-order valence-electron chi connectivity index (χ3n) is 5.92. The van der Waals surface area contributed by atoms with Crippen molar-refractivity contribution in [2.75, 3.05) is 19.8 Å². The van der Waals surface area contributed by atoms with Crippen LogP contribution < -0.4 is 0 Å². The first-order chi connectivity index (χ1) is 17.1. The largest absolute Gasteiger partial charge is 0.462 e. The first kappa shape index (κ1) is 31.7. The number of hydrogen-bond acceptors (Lipinski definition) is 6. The van der Waals surface area contributed by atoms with Crippen LogP contribution in [0.4, 0.5) is 0 Å². The molecule has 0 amide bonds. The maximum Gasteiger partial charge on any atom is 0.339 e. The number of carbonyl (C=O) groups excluding carboxylic acids is 3. The van der Waals surface area contributed by atoms with Gasteiger partial charge in [-0.15, -0.1) is 0 Å². The first-order valence-electron chi connectivity index (χ1n) is 13.8. The van der Waals surface area contributed by atoms with Gasteiger partial charge in [0.15, 0.2) is 0 Å². The quantitative estimate of drug-likeness (QED) is 0.116. The Labute approximate surface area is 218 Å². The van der Waals surface area contributed by atoms with Crippen LogP contribution in [0.25, 0.3) is 0 Å². The van der Waals surface area contributed by atoms with Crippen molar-refractivity contribution in [3.05, 3.63) is 34.9 Å². The minimum absolute atomic E-state index is 0.0419. The summed E-state index contributed by atoms with van der Waals surface area (Å²) in [5, 5.41) is 0. The van der Waals surface area contributed by atoms with Crippen LogP contribution >= 0.6 is 0 Å². The summed E-state index contributed by atoms with van der Waals surface area (Å²) in [4.78, 5) is 38.2. The predicted octanol–water partition coefficient (Wildman–Crippen LogP) is 7.64. The van der Waals surface area contributed by atoms with Crippen LogP contribution in [0.3, 0.4) is 0 Å². The van der Waals surface area contributed by atoms with Gasteiger partial charge >= 0.3 is 17.9 Å². The summed E-state index contributed by atoms with van der Waals surface area (Å²) < 4.78 is 16.2. The summed E-state index contributed by atoms with van der Waals surface area (Å²) in [6.45, 7) is 13.8. The van der Waals surface area contributed by atoms with Gasteiger partial charge in [0.05, 0.1) is 36.5 Å². The van der Waals surface area contributed by atoms with Crippen molar-refractivity contribution in [3.63, 3.8) is 0 Å². The number of hydrogen-bond donors (Lipinski definition) is 0. The van der Waals surface area contributed by atoms with Gasteiger partial charge in [0.1, 0.15) is 0 Å². The second-order valence-electron chi connectivity index (χ2n) is 10.8. The molecule has 0 saturated carbocycles. The number of rotatable bonds is 18. The van der Waals surface area contributed by atoms with Crippen LogP contribution in [-0.2, 0) is 14.2 Å². The number of unbranched alkanes of at least 4 members (excludes halogenated alkanes) is 3. The summed E-state index contributed by atoms with van der Waals surface area (Å²) >= 11 is 0. The van der Waals surface area contributed by atoms with Gasteiger partial charge < -0.3 is 14.2 Å². The number of esters is 3. The molecule has 6 heteroatoms. The fraction of sp³-hybridized carbons (Fsp3) is 0.700. The Hall–Kier alpha value is -2.37. The molecule has 0 heterocycles. The second-order valence-corrected chi connectivity index (χ2v) is 10.8. The highest BCUT2D eigenvalue weighted by molar-refractivity contribution is 6.05. The molecule has 1 aromatic rings. The molecule has 0 unspecified atom stereocenters. The average Bonchev–Trinajstić information content (AvgIpc) is 2.82. The zero-order valence-electron chi connectivity index (χ0n) is 23.4. The van der Waals surface area contributed by atoms with E-state index >= 15 is 0 Å². The lowest BCUT2D eigenvalue weighted by atomic mass is 10.0. The zero-order valence-corrected chi connectivity index (χ0v) is 23.4. The van der Waals surface area contributed by atoms with E-state index < -0.39 is 17.9 Å². The minimum atomic E-state index is -0.627. The molecule has 0 aliphatic rings. The molecule has 204 valence electrons. The lowest BCUT2D eigenvalue weighted by Crippen LogP contribution is -2.17. The van der Waals surface area contributed by atoms with Crippen LogP contribution in [0.15, 0.2) is 18.2 Å². The molecule has 0 radical (unpaired) electrons. The van der Waals surface area contributed by atoms with E-state index in [0.29, 0.717) is 24.4 Å². The van der Waals surface area contributed by atoms with Gasteiger partial charge in [-0.05, 0) is 74.5 Å². The van der Waals surface area contributed by atoms with Crippen molar-refractivity contribution in [3.8, 4) is 0 Å². The molecule has 1 rings (SSSR count). The third-order valence-corrected chi connectivity index (χ3v) is 5.92. The second kappa shape index (κ2) is 18.0. The highest BCUT2D eigenvalue weighted by Crippen LogP contribution is 2.18.